The van der Waals surface area contributed by atoms with Gasteiger partial charge in [-0.2, -0.15) is 0 Å². The van der Waals surface area contributed by atoms with Crippen molar-refractivity contribution in [2.75, 3.05) is 25.0 Å². The lowest BCUT2D eigenvalue weighted by Gasteiger charge is -2.35. The van der Waals surface area contributed by atoms with Crippen LogP contribution in [-0.4, -0.2) is 56.9 Å². The summed E-state index contributed by atoms with van der Waals surface area (Å²) in [5.74, 6) is -0.889. The van der Waals surface area contributed by atoms with Crippen molar-refractivity contribution < 1.29 is 9.59 Å². The van der Waals surface area contributed by atoms with Crippen LogP contribution in [0.1, 0.15) is 26.5 Å². The summed E-state index contributed by atoms with van der Waals surface area (Å²) in [5.41, 5.74) is 0.719. The Morgan fingerprint density at radius 3 is 2.70 bits per heavy atom. The Morgan fingerprint density at radius 1 is 1.30 bits per heavy atom. The number of piperazine rings is 1. The first-order chi connectivity index (χ1) is 9.54. The highest BCUT2D eigenvalue weighted by Crippen LogP contribution is 2.20. The summed E-state index contributed by atoms with van der Waals surface area (Å²) in [5, 5.41) is 8.05. The highest BCUT2D eigenvalue weighted by molar-refractivity contribution is 7.10. The monoisotopic (exact) mass is 297 g/mol. The second-order valence-corrected chi connectivity index (χ2v) is 5.65. The molecule has 8 heteroatoms. The molecule has 2 amide bonds. The Hall–Kier alpha value is -1.70. The Kier molecular flexibility index (Phi) is 4.53. The van der Waals surface area contributed by atoms with Crippen molar-refractivity contribution in [1.82, 2.24) is 19.4 Å². The topological polar surface area (TPSA) is 78.4 Å². The molecule has 20 heavy (non-hydrogen) atoms. The number of carbonyl (C=O) groups excluding carboxylic acids is 2. The summed E-state index contributed by atoms with van der Waals surface area (Å²) in [6.45, 7) is 8.00. The van der Waals surface area contributed by atoms with Gasteiger partial charge in [-0.25, -0.2) is 0 Å². The molecule has 0 saturated carbocycles. The molecule has 2 heterocycles. The first kappa shape index (κ1) is 14.7. The molecule has 110 valence electrons. The van der Waals surface area contributed by atoms with E-state index in [2.05, 4.69) is 14.9 Å². The maximum atomic E-state index is 12.1. The molecule has 7 nitrogen and oxygen atoms in total. The Labute approximate surface area is 122 Å². The van der Waals surface area contributed by atoms with Crippen molar-refractivity contribution in [1.29, 1.82) is 0 Å². The van der Waals surface area contributed by atoms with Crippen LogP contribution < -0.4 is 5.32 Å². The highest BCUT2D eigenvalue weighted by Gasteiger charge is 2.34. The molecule has 2 rings (SSSR count). The predicted octanol–water partition coefficient (Wildman–Crippen LogP) is 0.549. The van der Waals surface area contributed by atoms with Crippen LogP contribution in [0.3, 0.4) is 0 Å². The molecule has 1 saturated heterocycles. The van der Waals surface area contributed by atoms with Crippen LogP contribution >= 0.6 is 11.5 Å². The van der Waals surface area contributed by atoms with E-state index in [1.54, 1.807) is 9.80 Å². The zero-order valence-electron chi connectivity index (χ0n) is 11.9. The third-order valence-corrected chi connectivity index (χ3v) is 3.92. The predicted molar refractivity (Wildman–Crippen MR) is 76.3 cm³/mol. The first-order valence-corrected chi connectivity index (χ1v) is 7.46. The van der Waals surface area contributed by atoms with Gasteiger partial charge in [-0.3, -0.25) is 9.59 Å². The first-order valence-electron chi connectivity index (χ1n) is 6.69. The van der Waals surface area contributed by atoms with E-state index in [0.717, 1.165) is 17.2 Å². The SMILES string of the molecule is CCNc1snnc1CN1CCN(C(C)C)C(=O)C1=O. The van der Waals surface area contributed by atoms with Crippen molar-refractivity contribution >= 4 is 28.3 Å². The van der Waals surface area contributed by atoms with Crippen LogP contribution in [0, 0.1) is 0 Å². The van der Waals surface area contributed by atoms with Gasteiger partial charge in [0.25, 0.3) is 0 Å². The molecule has 0 spiro atoms. The Morgan fingerprint density at radius 2 is 2.05 bits per heavy atom. The van der Waals surface area contributed by atoms with Gasteiger partial charge < -0.3 is 15.1 Å². The van der Waals surface area contributed by atoms with Crippen molar-refractivity contribution in [3.05, 3.63) is 5.69 Å². The van der Waals surface area contributed by atoms with Gasteiger partial charge in [-0.15, -0.1) is 5.10 Å². The minimum atomic E-state index is -0.458. The maximum absolute atomic E-state index is 12.1. The smallest absolute Gasteiger partial charge is 0.312 e. The van der Waals surface area contributed by atoms with Crippen LogP contribution in [0.15, 0.2) is 0 Å². The fourth-order valence-corrected chi connectivity index (χ4v) is 2.76. The Bertz CT molecular complexity index is 502. The zero-order valence-corrected chi connectivity index (χ0v) is 12.7. The zero-order chi connectivity index (χ0) is 14.7. The van der Waals surface area contributed by atoms with Crippen LogP contribution in [0.25, 0.3) is 0 Å². The van der Waals surface area contributed by atoms with E-state index in [-0.39, 0.29) is 6.04 Å². The fraction of sp³-hybridized carbons (Fsp3) is 0.667. The number of aromatic nitrogens is 2. The molecule has 0 unspecified atom stereocenters. The van der Waals surface area contributed by atoms with Crippen LogP contribution in [0.5, 0.6) is 0 Å². The van der Waals surface area contributed by atoms with Gasteiger partial charge in [0.1, 0.15) is 10.7 Å². The summed E-state index contributed by atoms with van der Waals surface area (Å²) in [7, 11) is 0. The molecule has 0 aliphatic carbocycles. The van der Waals surface area contributed by atoms with E-state index < -0.39 is 11.8 Å². The maximum Gasteiger partial charge on any atom is 0.312 e. The molecular weight excluding hydrogens is 278 g/mol. The van der Waals surface area contributed by atoms with Crippen LogP contribution in [0.4, 0.5) is 5.00 Å². The molecular formula is C12H19N5O2S. The van der Waals surface area contributed by atoms with E-state index >= 15 is 0 Å². The number of anilines is 1. The van der Waals surface area contributed by atoms with Gasteiger partial charge in [-0.1, -0.05) is 4.49 Å². The molecule has 0 atom stereocenters. The number of nitrogens with zero attached hydrogens (tertiary/aromatic N) is 4. The minimum absolute atomic E-state index is 0.0480. The van der Waals surface area contributed by atoms with Crippen molar-refractivity contribution in [2.45, 2.75) is 33.4 Å². The van der Waals surface area contributed by atoms with Gasteiger partial charge in [0.15, 0.2) is 0 Å². The number of hydrogen-bond donors (Lipinski definition) is 1. The Balaban J connectivity index is 2.06. The highest BCUT2D eigenvalue weighted by atomic mass is 32.1. The average Bonchev–Trinajstić information content (AvgIpc) is 2.83. The quantitative estimate of drug-likeness (QED) is 0.803. The fourth-order valence-electron chi connectivity index (χ4n) is 2.12. The number of hydrogen-bond acceptors (Lipinski definition) is 6. The molecule has 1 aromatic rings. The van der Waals surface area contributed by atoms with Crippen molar-refractivity contribution in [3.8, 4) is 0 Å². The van der Waals surface area contributed by atoms with E-state index in [4.69, 9.17) is 0 Å². The van der Waals surface area contributed by atoms with Crippen LogP contribution in [-0.2, 0) is 16.1 Å². The largest absolute Gasteiger partial charge is 0.374 e. The summed E-state index contributed by atoms with van der Waals surface area (Å²) in [6, 6.07) is 0.0480. The van der Waals surface area contributed by atoms with Gasteiger partial charge >= 0.3 is 11.8 Å². The second-order valence-electron chi connectivity index (χ2n) is 4.90. The lowest BCUT2D eigenvalue weighted by atomic mass is 10.2. The molecule has 1 fully saturated rings. The minimum Gasteiger partial charge on any atom is -0.374 e. The lowest BCUT2D eigenvalue weighted by molar-refractivity contribution is -0.157. The standard InChI is InChI=1S/C12H19N5O2S/c1-4-13-10-9(14-15-20-10)7-16-5-6-17(8(2)3)12(19)11(16)18/h8,13H,4-7H2,1-3H3. The number of nitrogens with one attached hydrogen (secondary N) is 1. The van der Waals surface area contributed by atoms with Gasteiger partial charge in [0.05, 0.1) is 6.54 Å². The van der Waals surface area contributed by atoms with Gasteiger partial charge in [0, 0.05) is 37.2 Å². The summed E-state index contributed by atoms with van der Waals surface area (Å²) < 4.78 is 3.89. The number of amides is 2. The van der Waals surface area contributed by atoms with E-state index in [1.807, 2.05) is 20.8 Å². The molecule has 0 bridgehead atoms. The van der Waals surface area contributed by atoms with Gasteiger partial charge in [0.2, 0.25) is 0 Å². The van der Waals surface area contributed by atoms with Gasteiger partial charge in [-0.05, 0) is 20.8 Å². The van der Waals surface area contributed by atoms with Crippen molar-refractivity contribution in [3.63, 3.8) is 0 Å². The van der Waals surface area contributed by atoms with Crippen LogP contribution in [0.2, 0.25) is 0 Å². The summed E-state index contributed by atoms with van der Waals surface area (Å²) >= 11 is 1.26. The molecule has 1 aliphatic rings. The molecule has 1 N–H and O–H groups in total. The van der Waals surface area contributed by atoms with E-state index in [0.29, 0.717) is 19.6 Å². The summed E-state index contributed by atoms with van der Waals surface area (Å²) in [6.07, 6.45) is 0. The second kappa shape index (κ2) is 6.17. The lowest BCUT2D eigenvalue weighted by Crippen LogP contribution is -2.55. The summed E-state index contributed by atoms with van der Waals surface area (Å²) in [4.78, 5) is 27.2. The molecule has 1 aromatic heterocycles. The normalized spacial score (nSPS) is 16.2. The third-order valence-electron chi connectivity index (χ3n) is 3.20. The average molecular weight is 297 g/mol. The molecule has 0 aromatic carbocycles. The van der Waals surface area contributed by atoms with E-state index in [1.165, 1.54) is 11.5 Å². The third kappa shape index (κ3) is 2.90. The number of carbonyl (C=O) groups is 2. The number of rotatable bonds is 5. The van der Waals surface area contributed by atoms with E-state index in [9.17, 15) is 9.59 Å². The molecule has 0 radical (unpaired) electrons. The van der Waals surface area contributed by atoms with Crippen molar-refractivity contribution in [2.24, 2.45) is 0 Å². The molecule has 1 aliphatic heterocycles.